The Kier molecular flexibility index (Phi) is 5.67. The van der Waals surface area contributed by atoms with E-state index in [1.165, 1.54) is 11.3 Å². The van der Waals surface area contributed by atoms with Crippen molar-refractivity contribution in [3.05, 3.63) is 16.1 Å². The van der Waals surface area contributed by atoms with Crippen LogP contribution in [0.5, 0.6) is 0 Å². The zero-order chi connectivity index (χ0) is 12.9. The molecule has 17 heavy (non-hydrogen) atoms. The van der Waals surface area contributed by atoms with Crippen LogP contribution in [0, 0.1) is 0 Å². The molecular formula is C11H18NO3PS. The number of ether oxygens (including phenoxy) is 2. The first kappa shape index (κ1) is 14.7. The molecule has 0 radical (unpaired) electrons. The molecule has 0 amide bonds. The molecule has 0 aromatic carbocycles. The summed E-state index contributed by atoms with van der Waals surface area (Å²) >= 11 is 1.54. The van der Waals surface area contributed by atoms with E-state index in [-0.39, 0.29) is 8.46 Å². The van der Waals surface area contributed by atoms with Crippen LogP contribution in [0.15, 0.2) is 5.51 Å². The summed E-state index contributed by atoms with van der Waals surface area (Å²) in [4.78, 5) is 5.33. The van der Waals surface area contributed by atoms with Gasteiger partial charge in [0.25, 0.3) is 5.53 Å². The van der Waals surface area contributed by atoms with Crippen molar-refractivity contribution in [2.75, 3.05) is 13.2 Å². The van der Waals surface area contributed by atoms with Gasteiger partial charge < -0.3 is 9.47 Å². The van der Waals surface area contributed by atoms with Crippen LogP contribution >= 0.6 is 19.8 Å². The summed E-state index contributed by atoms with van der Waals surface area (Å²) in [5.41, 5.74) is 1.13. The number of thiazole rings is 1. The van der Waals surface area contributed by atoms with Gasteiger partial charge in [0.2, 0.25) is 8.46 Å². The van der Waals surface area contributed by atoms with E-state index in [1.54, 1.807) is 5.51 Å². The van der Waals surface area contributed by atoms with Gasteiger partial charge in [-0.05, 0) is 19.8 Å². The van der Waals surface area contributed by atoms with Crippen molar-refractivity contribution in [3.8, 4) is 0 Å². The molecule has 0 bridgehead atoms. The van der Waals surface area contributed by atoms with Crippen LogP contribution in [0.3, 0.4) is 0 Å². The van der Waals surface area contributed by atoms with Gasteiger partial charge in [0, 0.05) is 18.1 Å². The van der Waals surface area contributed by atoms with Gasteiger partial charge in [0.05, 0.1) is 5.51 Å². The lowest BCUT2D eigenvalue weighted by atomic mass is 10.1. The summed E-state index contributed by atoms with van der Waals surface area (Å²) in [5.74, 6) is 0.305. The van der Waals surface area contributed by atoms with Gasteiger partial charge in [-0.15, -0.1) is 11.3 Å². The molecule has 0 N–H and O–H groups in total. The second-order valence-corrected chi connectivity index (χ2v) is 5.42. The number of aromatic nitrogens is 1. The van der Waals surface area contributed by atoms with Gasteiger partial charge in [-0.3, -0.25) is 4.57 Å². The maximum Gasteiger partial charge on any atom is 0.297 e. The molecule has 0 aliphatic rings. The molecule has 0 saturated carbocycles. The van der Waals surface area contributed by atoms with Crippen molar-refractivity contribution < 1.29 is 14.0 Å². The largest absolute Gasteiger partial charge is 0.336 e. The first-order valence-corrected chi connectivity index (χ1v) is 7.36. The average molecular weight is 275 g/mol. The van der Waals surface area contributed by atoms with Crippen LogP contribution in [0.4, 0.5) is 0 Å². The van der Waals surface area contributed by atoms with Crippen LogP contribution in [0.25, 0.3) is 0 Å². The number of hydrogen-bond donors (Lipinski definition) is 0. The summed E-state index contributed by atoms with van der Waals surface area (Å²) in [6.45, 7) is 8.68. The van der Waals surface area contributed by atoms with Gasteiger partial charge >= 0.3 is 0 Å². The van der Waals surface area contributed by atoms with Crippen LogP contribution in [-0.2, 0) is 19.6 Å². The highest BCUT2D eigenvalue weighted by Crippen LogP contribution is 2.42. The molecule has 6 heteroatoms. The fraction of sp³-hybridized carbons (Fsp3) is 0.727. The molecule has 1 heterocycles. The minimum absolute atomic E-state index is 0.214. The molecule has 0 atom stereocenters. The van der Waals surface area contributed by atoms with Gasteiger partial charge in [0.15, 0.2) is 0 Å². The molecule has 1 aromatic rings. The predicted octanol–water partition coefficient (Wildman–Crippen LogP) is 3.74. The summed E-state index contributed by atoms with van der Waals surface area (Å²) in [6, 6.07) is 0. The molecule has 4 nitrogen and oxygen atoms in total. The van der Waals surface area contributed by atoms with Crippen LogP contribution in [0.1, 0.15) is 44.2 Å². The smallest absolute Gasteiger partial charge is 0.297 e. The maximum absolute atomic E-state index is 11.5. The van der Waals surface area contributed by atoms with Crippen molar-refractivity contribution in [1.82, 2.24) is 4.98 Å². The highest BCUT2D eigenvalue weighted by molar-refractivity contribution is 7.25. The summed E-state index contributed by atoms with van der Waals surface area (Å²) in [5, 5.41) is 0. The minimum atomic E-state index is -1.25. The van der Waals surface area contributed by atoms with Crippen molar-refractivity contribution >= 4 is 19.8 Å². The third kappa shape index (κ3) is 3.10. The van der Waals surface area contributed by atoms with Crippen LogP contribution in [-0.4, -0.2) is 18.2 Å². The molecule has 0 unspecified atom stereocenters. The van der Waals surface area contributed by atoms with E-state index >= 15 is 0 Å². The highest BCUT2D eigenvalue weighted by atomic mass is 32.1. The second-order valence-electron chi connectivity index (χ2n) is 3.76. The topological polar surface area (TPSA) is 48.4 Å². The lowest BCUT2D eigenvalue weighted by Crippen LogP contribution is -2.29. The third-order valence-electron chi connectivity index (χ3n) is 2.22. The van der Waals surface area contributed by atoms with E-state index in [0.29, 0.717) is 24.8 Å². The standard InChI is InChI=1S/C11H18NO3PS/c1-5-14-11(16-13,15-6-2)10-9(8(3)4)17-7-12-10/h7-8H,5-6H2,1-4H3. The molecule has 1 aromatic heterocycles. The summed E-state index contributed by atoms with van der Waals surface area (Å²) < 4.78 is 22.6. The zero-order valence-corrected chi connectivity index (χ0v) is 12.3. The Hall–Kier alpha value is -0.350. The normalized spacial score (nSPS) is 12.5. The molecule has 0 spiro atoms. The van der Waals surface area contributed by atoms with E-state index in [4.69, 9.17) is 9.47 Å². The van der Waals surface area contributed by atoms with Crippen molar-refractivity contribution in [3.63, 3.8) is 0 Å². The summed E-state index contributed by atoms with van der Waals surface area (Å²) in [7, 11) is -0.214. The lowest BCUT2D eigenvalue weighted by Gasteiger charge is -2.26. The SMILES string of the molecule is CCOC(OCC)(P=O)c1ncsc1C(C)C. The van der Waals surface area contributed by atoms with Crippen molar-refractivity contribution in [2.24, 2.45) is 0 Å². The second kappa shape index (κ2) is 6.55. The van der Waals surface area contributed by atoms with E-state index in [0.717, 1.165) is 4.88 Å². The Morgan fingerprint density at radius 1 is 1.41 bits per heavy atom. The molecular weight excluding hydrogens is 257 g/mol. The Balaban J connectivity index is 3.19. The van der Waals surface area contributed by atoms with Gasteiger partial charge in [-0.2, -0.15) is 0 Å². The fourth-order valence-electron chi connectivity index (χ4n) is 1.57. The molecule has 1 rings (SSSR count). The van der Waals surface area contributed by atoms with Gasteiger partial charge in [-0.25, -0.2) is 4.98 Å². The molecule has 0 saturated heterocycles. The quantitative estimate of drug-likeness (QED) is 0.562. The molecule has 96 valence electrons. The monoisotopic (exact) mass is 275 g/mol. The maximum atomic E-state index is 11.5. The van der Waals surface area contributed by atoms with Crippen LogP contribution in [0.2, 0.25) is 0 Å². The predicted molar refractivity (Wildman–Crippen MR) is 68.7 cm³/mol. The van der Waals surface area contributed by atoms with E-state index in [1.807, 2.05) is 13.8 Å². The highest BCUT2D eigenvalue weighted by Gasteiger charge is 2.40. The first-order chi connectivity index (χ1) is 8.11. The summed E-state index contributed by atoms with van der Waals surface area (Å²) in [6.07, 6.45) is 0. The average Bonchev–Trinajstić information content (AvgIpc) is 2.78. The number of nitrogens with zero attached hydrogens (tertiary/aromatic N) is 1. The Bertz CT molecular complexity index is 361. The van der Waals surface area contributed by atoms with Gasteiger partial charge in [0.1, 0.15) is 5.69 Å². The first-order valence-electron chi connectivity index (χ1n) is 5.67. The molecule has 0 fully saturated rings. The Labute approximate surface area is 108 Å². The third-order valence-corrected chi connectivity index (χ3v) is 4.06. The van der Waals surface area contributed by atoms with Crippen molar-refractivity contribution in [2.45, 2.75) is 39.1 Å². The number of rotatable bonds is 7. The van der Waals surface area contributed by atoms with E-state index < -0.39 is 5.53 Å². The lowest BCUT2D eigenvalue weighted by molar-refractivity contribution is -0.179. The van der Waals surface area contributed by atoms with Crippen LogP contribution < -0.4 is 0 Å². The van der Waals surface area contributed by atoms with Gasteiger partial charge in [-0.1, -0.05) is 13.8 Å². The zero-order valence-electron chi connectivity index (χ0n) is 10.6. The Morgan fingerprint density at radius 3 is 2.41 bits per heavy atom. The molecule has 0 aliphatic heterocycles. The van der Waals surface area contributed by atoms with Crippen molar-refractivity contribution in [1.29, 1.82) is 0 Å². The fourth-order valence-corrected chi connectivity index (χ4v) is 3.11. The molecule has 0 aliphatic carbocycles. The Morgan fingerprint density at radius 2 is 2.00 bits per heavy atom. The number of hydrogen-bond acceptors (Lipinski definition) is 5. The van der Waals surface area contributed by atoms with E-state index in [2.05, 4.69) is 18.8 Å². The minimum Gasteiger partial charge on any atom is -0.336 e. The van der Waals surface area contributed by atoms with E-state index in [9.17, 15) is 4.57 Å².